The molecule has 5 heteroatoms. The van der Waals surface area contributed by atoms with E-state index in [1.165, 1.54) is 28.0 Å². The number of hydrogen-bond donors (Lipinski definition) is 0. The molecule has 0 saturated carbocycles. The number of benzene rings is 1. The van der Waals surface area contributed by atoms with E-state index in [2.05, 4.69) is 37.3 Å². The van der Waals surface area contributed by atoms with Gasteiger partial charge in [-0.05, 0) is 30.7 Å². The molecule has 0 spiro atoms. The second-order valence-electron chi connectivity index (χ2n) is 5.09. The Hall–Kier alpha value is -1.46. The Bertz CT molecular complexity index is 661. The molecule has 3 rings (SSSR count). The molecule has 2 heterocycles. The van der Waals surface area contributed by atoms with Crippen LogP contribution in [0.15, 0.2) is 41.3 Å². The van der Waals surface area contributed by atoms with Crippen LogP contribution in [0, 0.1) is 6.92 Å². The molecule has 3 nitrogen and oxygen atoms in total. The third kappa shape index (κ3) is 2.94. The number of carbonyl (C=O) groups excluding carboxylic acids is 2. The molecule has 21 heavy (non-hydrogen) atoms. The summed E-state index contributed by atoms with van der Waals surface area (Å²) in [6.07, 6.45) is 5.02. The molecule has 2 aliphatic heterocycles. The van der Waals surface area contributed by atoms with Crippen molar-refractivity contribution in [1.82, 2.24) is 4.90 Å². The van der Waals surface area contributed by atoms with Gasteiger partial charge in [0.2, 0.25) is 0 Å². The summed E-state index contributed by atoms with van der Waals surface area (Å²) in [5.74, 6) is -0.186. The Morgan fingerprint density at radius 1 is 1.24 bits per heavy atom. The maximum atomic E-state index is 11.9. The Morgan fingerprint density at radius 3 is 2.57 bits per heavy atom. The summed E-state index contributed by atoms with van der Waals surface area (Å²) in [6, 6.07) is 8.45. The number of nitrogens with zero attached hydrogens (tertiary/aromatic N) is 1. The van der Waals surface area contributed by atoms with Crippen molar-refractivity contribution in [1.29, 1.82) is 0 Å². The summed E-state index contributed by atoms with van der Waals surface area (Å²) in [7, 11) is 1.52. The molecule has 1 atom stereocenters. The summed E-state index contributed by atoms with van der Waals surface area (Å²) >= 11 is 2.78. The number of carbonyl (C=O) groups is 2. The number of allylic oxidation sites excluding steroid dienone is 1. The van der Waals surface area contributed by atoms with Crippen LogP contribution >= 0.6 is 23.5 Å². The first-order valence-corrected chi connectivity index (χ1v) is 8.40. The molecule has 1 unspecified atom stereocenters. The molecule has 1 aromatic rings. The van der Waals surface area contributed by atoms with Crippen LogP contribution in [0.1, 0.15) is 17.5 Å². The van der Waals surface area contributed by atoms with Crippen molar-refractivity contribution in [3.05, 3.63) is 52.4 Å². The minimum Gasteiger partial charge on any atom is -0.272 e. The van der Waals surface area contributed by atoms with Gasteiger partial charge in [0.05, 0.1) is 4.91 Å². The molecule has 0 N–H and O–H groups in total. The Kier molecular flexibility index (Phi) is 3.95. The highest BCUT2D eigenvalue weighted by Crippen LogP contribution is 2.42. The van der Waals surface area contributed by atoms with Crippen LogP contribution < -0.4 is 0 Å². The van der Waals surface area contributed by atoms with Gasteiger partial charge in [-0.2, -0.15) is 0 Å². The molecule has 2 amide bonds. The second-order valence-corrected chi connectivity index (χ2v) is 7.36. The molecule has 0 bridgehead atoms. The summed E-state index contributed by atoms with van der Waals surface area (Å²) in [4.78, 5) is 26.3. The van der Waals surface area contributed by atoms with Crippen molar-refractivity contribution in [2.24, 2.45) is 0 Å². The van der Waals surface area contributed by atoms with Crippen molar-refractivity contribution in [2.45, 2.75) is 18.6 Å². The highest BCUT2D eigenvalue weighted by molar-refractivity contribution is 8.18. The maximum Gasteiger partial charge on any atom is 0.293 e. The first-order valence-electron chi connectivity index (χ1n) is 6.70. The van der Waals surface area contributed by atoms with E-state index < -0.39 is 0 Å². The van der Waals surface area contributed by atoms with E-state index in [0.29, 0.717) is 4.91 Å². The van der Waals surface area contributed by atoms with E-state index in [4.69, 9.17) is 0 Å². The number of thioether (sulfide) groups is 2. The molecule has 108 valence electrons. The SMILES string of the molecule is Cc1ccc(C2=CCC(/C=C3\SC(=O)N(C)C3=O)S2)cc1. The summed E-state index contributed by atoms with van der Waals surface area (Å²) < 4.78 is 0. The van der Waals surface area contributed by atoms with Crippen LogP contribution in [0.3, 0.4) is 0 Å². The lowest BCUT2D eigenvalue weighted by atomic mass is 10.1. The fourth-order valence-electron chi connectivity index (χ4n) is 2.22. The van der Waals surface area contributed by atoms with Crippen molar-refractivity contribution in [3.8, 4) is 0 Å². The topological polar surface area (TPSA) is 37.4 Å². The lowest BCUT2D eigenvalue weighted by Crippen LogP contribution is -2.22. The molecule has 0 aromatic heterocycles. The predicted octanol–water partition coefficient (Wildman–Crippen LogP) is 4.05. The average Bonchev–Trinajstić information content (AvgIpc) is 3.02. The van der Waals surface area contributed by atoms with Gasteiger partial charge in [-0.25, -0.2) is 0 Å². The zero-order valence-corrected chi connectivity index (χ0v) is 13.5. The summed E-state index contributed by atoms with van der Waals surface area (Å²) in [6.45, 7) is 2.07. The van der Waals surface area contributed by atoms with Gasteiger partial charge in [0.1, 0.15) is 0 Å². The Morgan fingerprint density at radius 2 is 1.95 bits per heavy atom. The number of hydrogen-bond acceptors (Lipinski definition) is 4. The standard InChI is InChI=1S/C16H15NO2S2/c1-10-3-5-11(6-4-10)13-8-7-12(20-13)9-14-15(18)17(2)16(19)21-14/h3-6,8-9,12H,7H2,1-2H3/b14-9-. The second kappa shape index (κ2) is 5.73. The maximum absolute atomic E-state index is 11.9. The number of imide groups is 1. The first kappa shape index (κ1) is 14.5. The van der Waals surface area contributed by atoms with Crippen molar-refractivity contribution < 1.29 is 9.59 Å². The quantitative estimate of drug-likeness (QED) is 0.771. The highest BCUT2D eigenvalue weighted by Gasteiger charge is 2.33. The van der Waals surface area contributed by atoms with Crippen molar-refractivity contribution in [2.75, 3.05) is 7.05 Å². The van der Waals surface area contributed by atoms with Crippen molar-refractivity contribution in [3.63, 3.8) is 0 Å². The average molecular weight is 317 g/mol. The van der Waals surface area contributed by atoms with E-state index in [0.717, 1.165) is 18.2 Å². The van der Waals surface area contributed by atoms with Crippen molar-refractivity contribution >= 4 is 39.6 Å². The third-order valence-electron chi connectivity index (χ3n) is 3.47. The van der Waals surface area contributed by atoms with Gasteiger partial charge in [-0.1, -0.05) is 42.0 Å². The number of aryl methyl sites for hydroxylation is 1. The minimum absolute atomic E-state index is 0.186. The van der Waals surface area contributed by atoms with Crippen LogP contribution in [0.4, 0.5) is 4.79 Å². The zero-order chi connectivity index (χ0) is 15.0. The van der Waals surface area contributed by atoms with E-state index in [1.54, 1.807) is 11.8 Å². The van der Waals surface area contributed by atoms with Crippen LogP contribution in [0.25, 0.3) is 4.91 Å². The lowest BCUT2D eigenvalue weighted by molar-refractivity contribution is -0.121. The summed E-state index contributed by atoms with van der Waals surface area (Å²) in [5.41, 5.74) is 2.46. The van der Waals surface area contributed by atoms with Crippen LogP contribution in [-0.4, -0.2) is 28.3 Å². The van der Waals surface area contributed by atoms with Gasteiger partial charge in [0.15, 0.2) is 0 Å². The summed E-state index contributed by atoms with van der Waals surface area (Å²) in [5, 5.41) is 0.0352. The van der Waals surface area contributed by atoms with Crippen LogP contribution in [-0.2, 0) is 4.79 Å². The lowest BCUT2D eigenvalue weighted by Gasteiger charge is -2.06. The van der Waals surface area contributed by atoms with Gasteiger partial charge in [-0.3, -0.25) is 14.5 Å². The van der Waals surface area contributed by atoms with Gasteiger partial charge >= 0.3 is 0 Å². The van der Waals surface area contributed by atoms with E-state index >= 15 is 0 Å². The minimum atomic E-state index is -0.194. The molecule has 1 saturated heterocycles. The monoisotopic (exact) mass is 317 g/mol. The van der Waals surface area contributed by atoms with Crippen LogP contribution in [0.5, 0.6) is 0 Å². The first-order chi connectivity index (χ1) is 10.0. The molecule has 2 aliphatic rings. The highest BCUT2D eigenvalue weighted by atomic mass is 32.2. The number of likely N-dealkylation sites (N-methyl/N-ethyl adjacent to an activating group) is 1. The van der Waals surface area contributed by atoms with Gasteiger partial charge < -0.3 is 0 Å². The van der Waals surface area contributed by atoms with E-state index in [-0.39, 0.29) is 16.4 Å². The molecule has 0 aliphatic carbocycles. The molecule has 1 fully saturated rings. The normalized spacial score (nSPS) is 24.1. The smallest absolute Gasteiger partial charge is 0.272 e. The number of amides is 2. The van der Waals surface area contributed by atoms with Gasteiger partial charge in [0.25, 0.3) is 11.1 Å². The van der Waals surface area contributed by atoms with Crippen LogP contribution in [0.2, 0.25) is 0 Å². The zero-order valence-electron chi connectivity index (χ0n) is 11.8. The fourth-order valence-corrected chi connectivity index (χ4v) is 4.35. The molecule has 0 radical (unpaired) electrons. The van der Waals surface area contributed by atoms with E-state index in [1.807, 2.05) is 6.08 Å². The molecular formula is C16H15NO2S2. The fraction of sp³-hybridized carbons (Fsp3) is 0.250. The Labute approximate surface area is 132 Å². The molecule has 1 aromatic carbocycles. The largest absolute Gasteiger partial charge is 0.293 e. The number of rotatable bonds is 2. The predicted molar refractivity (Wildman–Crippen MR) is 89.0 cm³/mol. The van der Waals surface area contributed by atoms with Gasteiger partial charge in [0, 0.05) is 17.2 Å². The Balaban J connectivity index is 1.71. The third-order valence-corrected chi connectivity index (χ3v) is 5.74. The molecular weight excluding hydrogens is 302 g/mol. The van der Waals surface area contributed by atoms with E-state index in [9.17, 15) is 9.59 Å². The van der Waals surface area contributed by atoms with Gasteiger partial charge in [-0.15, -0.1) is 11.8 Å².